The van der Waals surface area contributed by atoms with Gasteiger partial charge >= 0.3 is 0 Å². The Balaban J connectivity index is 1.64. The lowest BCUT2D eigenvalue weighted by Gasteiger charge is -2.40. The molecule has 0 heterocycles. The summed E-state index contributed by atoms with van der Waals surface area (Å²) in [5.41, 5.74) is 0.628. The average Bonchev–Trinajstić information content (AvgIpc) is 2.49. The summed E-state index contributed by atoms with van der Waals surface area (Å²) in [5, 5.41) is 3.79. The third kappa shape index (κ3) is 2.75. The van der Waals surface area contributed by atoms with E-state index >= 15 is 0 Å². The van der Waals surface area contributed by atoms with Crippen molar-refractivity contribution >= 4 is 0 Å². The normalized spacial score (nSPS) is 34.4. The summed E-state index contributed by atoms with van der Waals surface area (Å²) < 4.78 is 0. The number of hydrogen-bond acceptors (Lipinski definition) is 1. The summed E-state index contributed by atoms with van der Waals surface area (Å²) in [5.74, 6) is 1.89. The van der Waals surface area contributed by atoms with Gasteiger partial charge in [0.25, 0.3) is 0 Å². The van der Waals surface area contributed by atoms with Crippen molar-refractivity contribution in [2.24, 2.45) is 17.3 Å². The Morgan fingerprint density at radius 3 is 2.33 bits per heavy atom. The molecule has 2 aliphatic carbocycles. The van der Waals surface area contributed by atoms with Crippen molar-refractivity contribution in [3.05, 3.63) is 0 Å². The molecule has 1 N–H and O–H groups in total. The largest absolute Gasteiger partial charge is 0.313 e. The van der Waals surface area contributed by atoms with E-state index in [-0.39, 0.29) is 0 Å². The number of nitrogens with one attached hydrogen (secondary N) is 1. The van der Waals surface area contributed by atoms with Crippen LogP contribution in [-0.4, -0.2) is 12.6 Å². The van der Waals surface area contributed by atoms with E-state index in [9.17, 15) is 0 Å². The molecule has 0 aromatic rings. The summed E-state index contributed by atoms with van der Waals surface area (Å²) in [6.07, 6.45) is 8.65. The van der Waals surface area contributed by atoms with E-state index in [1.165, 1.54) is 45.1 Å². The zero-order valence-electron chi connectivity index (χ0n) is 10.7. The van der Waals surface area contributed by atoms with Crippen molar-refractivity contribution in [3.63, 3.8) is 0 Å². The molecule has 0 aromatic heterocycles. The van der Waals surface area contributed by atoms with Gasteiger partial charge in [-0.15, -0.1) is 0 Å². The molecular formula is C14H27N. The molecule has 15 heavy (non-hydrogen) atoms. The van der Waals surface area contributed by atoms with Gasteiger partial charge < -0.3 is 5.32 Å². The van der Waals surface area contributed by atoms with Crippen LogP contribution in [0.3, 0.4) is 0 Å². The quantitative estimate of drug-likeness (QED) is 0.746. The third-order valence-electron chi connectivity index (χ3n) is 4.75. The van der Waals surface area contributed by atoms with Crippen molar-refractivity contribution in [1.82, 2.24) is 5.32 Å². The summed E-state index contributed by atoms with van der Waals surface area (Å²) in [6, 6.07) is 0.842. The fourth-order valence-electron chi connectivity index (χ4n) is 3.17. The Kier molecular flexibility index (Phi) is 3.39. The third-order valence-corrected chi connectivity index (χ3v) is 4.75. The number of hydrogen-bond donors (Lipinski definition) is 1. The topological polar surface area (TPSA) is 12.0 Å². The Labute approximate surface area is 95.0 Å². The van der Waals surface area contributed by atoms with E-state index in [1.807, 2.05) is 0 Å². The van der Waals surface area contributed by atoms with Gasteiger partial charge in [-0.2, -0.15) is 0 Å². The smallest absolute Gasteiger partial charge is 0.00727 e. The molecule has 0 amide bonds. The molecule has 0 aliphatic heterocycles. The number of rotatable bonds is 4. The molecule has 0 atom stereocenters. The molecule has 0 unspecified atom stereocenters. The van der Waals surface area contributed by atoms with Crippen LogP contribution in [0.4, 0.5) is 0 Å². The predicted molar refractivity (Wildman–Crippen MR) is 65.9 cm³/mol. The molecule has 0 saturated heterocycles. The van der Waals surface area contributed by atoms with Crippen molar-refractivity contribution < 1.29 is 0 Å². The van der Waals surface area contributed by atoms with Crippen LogP contribution in [0.2, 0.25) is 0 Å². The first-order chi connectivity index (χ1) is 7.09. The van der Waals surface area contributed by atoms with Crippen molar-refractivity contribution in [1.29, 1.82) is 0 Å². The highest BCUT2D eigenvalue weighted by molar-refractivity contribution is 4.90. The molecule has 88 valence electrons. The first-order valence-corrected chi connectivity index (χ1v) is 6.82. The van der Waals surface area contributed by atoms with Crippen LogP contribution in [0, 0.1) is 17.3 Å². The summed E-state index contributed by atoms with van der Waals surface area (Å²) in [6.45, 7) is 8.45. The second-order valence-corrected chi connectivity index (χ2v) is 6.57. The minimum Gasteiger partial charge on any atom is -0.313 e. The molecule has 1 nitrogen and oxygen atoms in total. The molecule has 0 spiro atoms. The standard InChI is InChI=1S/C14H27N/c1-11(2)12-8-13(9-12)15-10-14(3)6-4-5-7-14/h11-13,15H,4-10H2,1-3H3. The summed E-state index contributed by atoms with van der Waals surface area (Å²) >= 11 is 0. The van der Waals surface area contributed by atoms with E-state index in [1.54, 1.807) is 0 Å². The lowest BCUT2D eigenvalue weighted by Crippen LogP contribution is -2.46. The molecule has 2 aliphatic rings. The SMILES string of the molecule is CC(C)C1CC(NCC2(C)CCCC2)C1. The Bertz CT molecular complexity index is 197. The lowest BCUT2D eigenvalue weighted by molar-refractivity contribution is 0.152. The first kappa shape index (κ1) is 11.4. The van der Waals surface area contributed by atoms with Crippen molar-refractivity contribution in [2.45, 2.75) is 65.3 Å². The highest BCUT2D eigenvalue weighted by Crippen LogP contribution is 2.38. The monoisotopic (exact) mass is 209 g/mol. The molecule has 0 radical (unpaired) electrons. The molecular weight excluding hydrogens is 182 g/mol. The maximum atomic E-state index is 3.79. The fourth-order valence-corrected chi connectivity index (χ4v) is 3.17. The molecule has 0 aromatic carbocycles. The van der Waals surface area contributed by atoms with Gasteiger partial charge in [0.1, 0.15) is 0 Å². The Morgan fingerprint density at radius 1 is 1.20 bits per heavy atom. The minimum atomic E-state index is 0.628. The fraction of sp³-hybridized carbons (Fsp3) is 1.00. The van der Waals surface area contributed by atoms with Gasteiger partial charge in [0.05, 0.1) is 0 Å². The second kappa shape index (κ2) is 4.45. The van der Waals surface area contributed by atoms with Crippen LogP contribution < -0.4 is 5.32 Å². The van der Waals surface area contributed by atoms with Gasteiger partial charge in [0, 0.05) is 12.6 Å². The van der Waals surface area contributed by atoms with Crippen molar-refractivity contribution in [3.8, 4) is 0 Å². The van der Waals surface area contributed by atoms with Gasteiger partial charge in [-0.1, -0.05) is 33.6 Å². The Morgan fingerprint density at radius 2 is 1.80 bits per heavy atom. The second-order valence-electron chi connectivity index (χ2n) is 6.57. The summed E-state index contributed by atoms with van der Waals surface area (Å²) in [4.78, 5) is 0. The van der Waals surface area contributed by atoms with Crippen LogP contribution in [0.25, 0.3) is 0 Å². The van der Waals surface area contributed by atoms with E-state index in [2.05, 4.69) is 26.1 Å². The molecule has 2 fully saturated rings. The average molecular weight is 209 g/mol. The van der Waals surface area contributed by atoms with Gasteiger partial charge in [0.15, 0.2) is 0 Å². The highest BCUT2D eigenvalue weighted by atomic mass is 14.9. The molecule has 0 bridgehead atoms. The maximum Gasteiger partial charge on any atom is 0.00727 e. The van der Waals surface area contributed by atoms with Crippen LogP contribution in [-0.2, 0) is 0 Å². The zero-order chi connectivity index (χ0) is 10.9. The minimum absolute atomic E-state index is 0.628. The predicted octanol–water partition coefficient (Wildman–Crippen LogP) is 3.59. The van der Waals surface area contributed by atoms with Gasteiger partial charge in [-0.05, 0) is 42.9 Å². The van der Waals surface area contributed by atoms with Crippen LogP contribution >= 0.6 is 0 Å². The lowest BCUT2D eigenvalue weighted by atomic mass is 9.73. The van der Waals surface area contributed by atoms with E-state index in [4.69, 9.17) is 0 Å². The molecule has 2 rings (SSSR count). The molecule has 1 heteroatoms. The zero-order valence-corrected chi connectivity index (χ0v) is 10.7. The highest BCUT2D eigenvalue weighted by Gasteiger charge is 2.34. The van der Waals surface area contributed by atoms with E-state index in [0.29, 0.717) is 5.41 Å². The first-order valence-electron chi connectivity index (χ1n) is 6.82. The van der Waals surface area contributed by atoms with Crippen LogP contribution in [0.1, 0.15) is 59.3 Å². The molecule has 2 saturated carbocycles. The van der Waals surface area contributed by atoms with E-state index < -0.39 is 0 Å². The summed E-state index contributed by atoms with van der Waals surface area (Å²) in [7, 11) is 0. The van der Waals surface area contributed by atoms with Crippen LogP contribution in [0.15, 0.2) is 0 Å². The Hall–Kier alpha value is -0.0400. The van der Waals surface area contributed by atoms with Gasteiger partial charge in [0.2, 0.25) is 0 Å². The van der Waals surface area contributed by atoms with E-state index in [0.717, 1.165) is 17.9 Å². The van der Waals surface area contributed by atoms with Crippen molar-refractivity contribution in [2.75, 3.05) is 6.54 Å². The van der Waals surface area contributed by atoms with Crippen LogP contribution in [0.5, 0.6) is 0 Å². The van der Waals surface area contributed by atoms with Gasteiger partial charge in [-0.3, -0.25) is 0 Å². The maximum absolute atomic E-state index is 3.79. The van der Waals surface area contributed by atoms with Gasteiger partial charge in [-0.25, -0.2) is 0 Å².